The lowest BCUT2D eigenvalue weighted by atomic mass is 10.1. The molecule has 2 aromatic heterocycles. The van der Waals surface area contributed by atoms with Crippen LogP contribution in [-0.2, 0) is 25.1 Å². The maximum atomic E-state index is 12.3. The number of anilines is 1. The minimum Gasteiger partial charge on any atom is -0.382 e. The number of nitrogen functional groups attached to an aromatic ring is 1. The van der Waals surface area contributed by atoms with Crippen molar-refractivity contribution in [3.8, 4) is 0 Å². The fourth-order valence-electron chi connectivity index (χ4n) is 7.18. The Kier molecular flexibility index (Phi) is 19.1. The summed E-state index contributed by atoms with van der Waals surface area (Å²) in [5, 5.41) is 0. The van der Waals surface area contributed by atoms with E-state index in [9.17, 15) is 9.46 Å². The lowest BCUT2D eigenvalue weighted by Crippen LogP contribution is -2.44. The van der Waals surface area contributed by atoms with Crippen LogP contribution >= 0.6 is 7.60 Å². The van der Waals surface area contributed by atoms with Crippen molar-refractivity contribution in [3.05, 3.63) is 12.7 Å². The topological polar surface area (TPSA) is 135 Å². The Morgan fingerprint density at radius 1 is 0.783 bits per heavy atom. The molecule has 2 heterocycles. The van der Waals surface area contributed by atoms with Crippen LogP contribution in [0.15, 0.2) is 12.7 Å². The molecule has 0 radical (unpaired) electrons. The molecule has 2 rings (SSSR count). The maximum Gasteiger partial charge on any atom is 0.353 e. The predicted octanol–water partition coefficient (Wildman–Crippen LogP) is 9.35. The van der Waals surface area contributed by atoms with Gasteiger partial charge in [0, 0.05) is 13.2 Å². The van der Waals surface area contributed by atoms with Gasteiger partial charge in [-0.2, -0.15) is 0 Å². The molecule has 266 valence electrons. The second-order valence-corrected chi connectivity index (χ2v) is 22.1. The molecule has 3 N–H and O–H groups in total. The van der Waals surface area contributed by atoms with Crippen molar-refractivity contribution in [1.82, 2.24) is 19.5 Å². The molecule has 0 aliphatic carbocycles. The highest BCUT2D eigenvalue weighted by molar-refractivity contribution is 7.52. The Morgan fingerprint density at radius 3 is 1.91 bits per heavy atom. The predicted molar refractivity (Wildman–Crippen MR) is 193 cm³/mol. The van der Waals surface area contributed by atoms with Gasteiger partial charge >= 0.3 is 7.60 Å². The zero-order valence-corrected chi connectivity index (χ0v) is 32.0. The first-order valence-corrected chi connectivity index (χ1v) is 22.2. The summed E-state index contributed by atoms with van der Waals surface area (Å²) in [5.74, 6) is 0.310. The molecule has 0 spiro atoms. The summed E-state index contributed by atoms with van der Waals surface area (Å²) in [5.41, 5.74) is 9.59. The van der Waals surface area contributed by atoms with Gasteiger partial charge in [0.25, 0.3) is 0 Å². The van der Waals surface area contributed by atoms with E-state index in [0.29, 0.717) is 36.6 Å². The molecule has 0 bridgehead atoms. The second kappa shape index (κ2) is 21.6. The summed E-state index contributed by atoms with van der Waals surface area (Å²) in [7, 11) is -5.06. The van der Waals surface area contributed by atoms with Gasteiger partial charge in [-0.15, -0.1) is 0 Å². The monoisotopic (exact) mass is 683 g/mol. The Morgan fingerprint density at radius 2 is 1.33 bits per heavy atom. The number of nitrogens with zero attached hydrogens (tertiary/aromatic N) is 4. The molecule has 1 unspecified atom stereocenters. The normalized spacial score (nSPS) is 14.6. The highest BCUT2D eigenvalue weighted by atomic mass is 31.2. The van der Waals surface area contributed by atoms with Gasteiger partial charge in [0.2, 0.25) is 0 Å². The van der Waals surface area contributed by atoms with Crippen molar-refractivity contribution in [2.24, 2.45) is 0 Å². The van der Waals surface area contributed by atoms with Gasteiger partial charge in [-0.3, -0.25) is 4.57 Å². The first-order valence-electron chi connectivity index (χ1n) is 18.0. The zero-order valence-electron chi connectivity index (χ0n) is 30.1. The first kappa shape index (κ1) is 40.8. The lowest BCUT2D eigenvalue weighted by Gasteiger charge is -2.43. The number of hydrogen-bond donors (Lipinski definition) is 2. The summed E-state index contributed by atoms with van der Waals surface area (Å²) in [6.07, 6.45) is 17.4. The average Bonchev–Trinajstić information content (AvgIpc) is 3.40. The number of ether oxygens (including phenoxy) is 2. The van der Waals surface area contributed by atoms with E-state index in [1.54, 1.807) is 10.9 Å². The molecule has 46 heavy (non-hydrogen) atoms. The van der Waals surface area contributed by atoms with E-state index in [1.807, 2.05) is 6.92 Å². The molecule has 0 aliphatic rings. The third kappa shape index (κ3) is 14.0. The molecule has 2 atom stereocenters. The van der Waals surface area contributed by atoms with E-state index < -0.39 is 15.7 Å². The fourth-order valence-corrected chi connectivity index (χ4v) is 14.7. The van der Waals surface area contributed by atoms with E-state index in [1.165, 1.54) is 76.6 Å². The molecular weight excluding hydrogens is 617 g/mol. The molecule has 0 aliphatic heterocycles. The second-order valence-electron chi connectivity index (χ2n) is 14.1. The third-order valence-electron chi connectivity index (χ3n) is 9.75. The number of fused-ring (bicyclic) bond motifs is 1. The van der Waals surface area contributed by atoms with Gasteiger partial charge in [0.05, 0.1) is 33.7 Å². The fraction of sp³-hybridized carbons (Fsp3) is 0.853. The average molecular weight is 684 g/mol. The Balaban J connectivity index is 1.39. The minimum atomic E-state index is -3.85. The molecule has 12 heteroatoms. The minimum absolute atomic E-state index is 0.157. The molecule has 0 saturated carbocycles. The number of unbranched alkanes of at least 4 members (excludes halogenated alkanes) is 10. The molecule has 0 amide bonds. The van der Waals surface area contributed by atoms with E-state index in [0.717, 1.165) is 29.7 Å². The standard InChI is InChI=1S/C34H66N5O5PSi/c1-28(2)46(29(3)4,30(5)6)23-18-16-14-12-10-8-9-11-13-15-17-20-42-21-19-22-44-45(40,41)27-43-31(7)24-39-26-38-32-33(35)36-25-37-34(32)39/h25-26,28-31H,8-24,27H2,1-7H3,(H,40,41)(H2,35,36,37)/t31-/m1/s1. The van der Waals surface area contributed by atoms with Crippen LogP contribution in [0.25, 0.3) is 11.2 Å². The van der Waals surface area contributed by atoms with Crippen LogP contribution in [0, 0.1) is 0 Å². The van der Waals surface area contributed by atoms with Gasteiger partial charge in [-0.25, -0.2) is 15.0 Å². The quantitative estimate of drug-likeness (QED) is 0.0536. The molecule has 0 fully saturated rings. The number of nitrogens with two attached hydrogens (primary N) is 1. The lowest BCUT2D eigenvalue weighted by molar-refractivity contribution is 0.0688. The van der Waals surface area contributed by atoms with Crippen LogP contribution in [0.5, 0.6) is 0 Å². The van der Waals surface area contributed by atoms with Crippen molar-refractivity contribution < 1.29 is 23.5 Å². The van der Waals surface area contributed by atoms with E-state index in [2.05, 4.69) is 56.5 Å². The van der Waals surface area contributed by atoms with Crippen molar-refractivity contribution in [2.75, 3.05) is 31.9 Å². The first-order chi connectivity index (χ1) is 21.9. The van der Waals surface area contributed by atoms with Gasteiger partial charge in [-0.05, 0) is 19.8 Å². The number of aromatic nitrogens is 4. The van der Waals surface area contributed by atoms with Crippen molar-refractivity contribution in [2.45, 2.75) is 161 Å². The summed E-state index contributed by atoms with van der Waals surface area (Å²) in [6, 6.07) is 1.51. The van der Waals surface area contributed by atoms with Crippen molar-refractivity contribution in [1.29, 1.82) is 0 Å². The molecule has 10 nitrogen and oxygen atoms in total. The van der Waals surface area contributed by atoms with Crippen LogP contribution in [-0.4, -0.2) is 64.8 Å². The Labute approximate surface area is 280 Å². The molecule has 0 saturated heterocycles. The Bertz CT molecular complexity index is 1130. The van der Waals surface area contributed by atoms with Crippen LogP contribution in [0.1, 0.15) is 126 Å². The number of imidazole rings is 1. The van der Waals surface area contributed by atoms with Crippen molar-refractivity contribution >= 4 is 32.7 Å². The maximum absolute atomic E-state index is 12.3. The molecule has 0 aromatic carbocycles. The zero-order chi connectivity index (χ0) is 34.0. The van der Waals surface area contributed by atoms with E-state index in [4.69, 9.17) is 19.7 Å². The molecular formula is C34H66N5O5PSi. The summed E-state index contributed by atoms with van der Waals surface area (Å²) in [4.78, 5) is 22.5. The van der Waals surface area contributed by atoms with E-state index in [-0.39, 0.29) is 19.1 Å². The smallest absolute Gasteiger partial charge is 0.353 e. The third-order valence-corrected chi connectivity index (χ3v) is 18.5. The molecule has 2 aromatic rings. The number of rotatable bonds is 27. The van der Waals surface area contributed by atoms with Crippen LogP contribution in [0.2, 0.25) is 22.7 Å². The Hall–Kier alpha value is -1.36. The highest BCUT2D eigenvalue weighted by Gasteiger charge is 2.41. The van der Waals surface area contributed by atoms with Gasteiger partial charge in [0.1, 0.15) is 18.2 Å². The summed E-state index contributed by atoms with van der Waals surface area (Å²) >= 11 is 0. The highest BCUT2D eigenvalue weighted by Crippen LogP contribution is 2.45. The van der Waals surface area contributed by atoms with Gasteiger partial charge < -0.3 is 29.2 Å². The SMILES string of the molecule is CC(C)[Si](CCCCCCCCCCCCCOCCCOP(=O)(O)CO[C@H](C)Cn1cnc2c(N)ncnc21)(C(C)C)C(C)C. The largest absolute Gasteiger partial charge is 0.382 e. The summed E-state index contributed by atoms with van der Waals surface area (Å²) < 4.78 is 30.6. The van der Waals surface area contributed by atoms with E-state index >= 15 is 0 Å². The van der Waals surface area contributed by atoms with Crippen molar-refractivity contribution in [3.63, 3.8) is 0 Å². The van der Waals surface area contributed by atoms with Gasteiger partial charge in [-0.1, -0.05) is 128 Å². The van der Waals surface area contributed by atoms with Crippen LogP contribution in [0.4, 0.5) is 5.82 Å². The van der Waals surface area contributed by atoms with Crippen LogP contribution < -0.4 is 5.73 Å². The van der Waals surface area contributed by atoms with Gasteiger partial charge in [0.15, 0.2) is 11.5 Å². The number of hydrogen-bond acceptors (Lipinski definition) is 8. The summed E-state index contributed by atoms with van der Waals surface area (Å²) in [6.45, 7) is 18.5. The van der Waals surface area contributed by atoms with Crippen LogP contribution in [0.3, 0.4) is 0 Å².